The highest BCUT2D eigenvalue weighted by atomic mass is 35.5. The molecule has 1 aromatic heterocycles. The van der Waals surface area contributed by atoms with Crippen molar-refractivity contribution in [2.45, 2.75) is 11.9 Å². The molecule has 0 aliphatic heterocycles. The van der Waals surface area contributed by atoms with Crippen LogP contribution in [0.1, 0.15) is 17.3 Å². The molecule has 4 rings (SSSR count). The van der Waals surface area contributed by atoms with Gasteiger partial charge in [-0.1, -0.05) is 53.5 Å². The zero-order valence-corrected chi connectivity index (χ0v) is 20.0. The number of pyridine rings is 1. The summed E-state index contributed by atoms with van der Waals surface area (Å²) < 4.78 is 10.1. The van der Waals surface area contributed by atoms with Crippen LogP contribution in [0.2, 0.25) is 10.0 Å². The van der Waals surface area contributed by atoms with Crippen LogP contribution < -0.4 is 4.72 Å². The van der Waals surface area contributed by atoms with E-state index in [1.807, 2.05) is 66.7 Å². The highest BCUT2D eigenvalue weighted by Gasteiger charge is 2.20. The van der Waals surface area contributed by atoms with Crippen molar-refractivity contribution in [3.8, 4) is 22.3 Å². The Hall–Kier alpha value is -2.99. The maximum Gasteiger partial charge on any atom is 0.338 e. The van der Waals surface area contributed by atoms with Gasteiger partial charge in [-0.15, -0.1) is 0 Å². The second kappa shape index (κ2) is 10.8. The van der Waals surface area contributed by atoms with E-state index in [1.165, 1.54) is 11.9 Å². The third kappa shape index (κ3) is 5.69. The largest absolute Gasteiger partial charge is 0.462 e. The lowest BCUT2D eigenvalue weighted by Gasteiger charge is -2.17. The lowest BCUT2D eigenvalue weighted by atomic mass is 9.93. The summed E-state index contributed by atoms with van der Waals surface area (Å²) in [5.41, 5.74) is 4.47. The minimum Gasteiger partial charge on any atom is -0.462 e. The van der Waals surface area contributed by atoms with Crippen LogP contribution in [0.4, 0.5) is 5.69 Å². The molecule has 0 bridgehead atoms. The molecule has 33 heavy (non-hydrogen) atoms. The molecular weight excluding hydrogens is 475 g/mol. The fourth-order valence-electron chi connectivity index (χ4n) is 3.26. The molecular formula is C26H19Cl2N2O2S. The molecule has 1 radical (unpaired) electrons. The lowest BCUT2D eigenvalue weighted by molar-refractivity contribution is 0.0526. The van der Waals surface area contributed by atoms with E-state index in [0.717, 1.165) is 27.3 Å². The smallest absolute Gasteiger partial charge is 0.338 e. The summed E-state index contributed by atoms with van der Waals surface area (Å²) in [5, 5.41) is 2.01. The molecule has 0 unspecified atom stereocenters. The number of halogens is 2. The standard InChI is InChI=1S/C26H19Cl2N2O2S/c1-2-32-26(31)19-15-22(17-6-10-20(27)11-7-17)25(30-33-24-5-3-4-14-29-24)23(16-19)18-8-12-21(28)13-9-18/h3-16H,2H2,1H3. The van der Waals surface area contributed by atoms with Gasteiger partial charge >= 0.3 is 5.97 Å². The molecule has 0 fully saturated rings. The molecule has 1 heterocycles. The number of carbonyl (C=O) groups is 1. The van der Waals surface area contributed by atoms with Gasteiger partial charge < -0.3 is 4.74 Å². The molecule has 0 saturated heterocycles. The van der Waals surface area contributed by atoms with Crippen molar-refractivity contribution in [1.82, 2.24) is 9.71 Å². The molecule has 0 N–H and O–H groups in total. The van der Waals surface area contributed by atoms with Crippen LogP contribution in [0, 0.1) is 0 Å². The Bertz CT molecular complexity index is 1180. The summed E-state index contributed by atoms with van der Waals surface area (Å²) in [6.45, 7) is 2.07. The fourth-order valence-corrected chi connectivity index (χ4v) is 4.14. The summed E-state index contributed by atoms with van der Waals surface area (Å²) in [6.07, 6.45) is 1.72. The quantitative estimate of drug-likeness (QED) is 0.194. The van der Waals surface area contributed by atoms with Crippen molar-refractivity contribution < 1.29 is 9.53 Å². The molecule has 4 nitrogen and oxygen atoms in total. The summed E-state index contributed by atoms with van der Waals surface area (Å²) in [5.74, 6) is -0.396. The lowest BCUT2D eigenvalue weighted by Crippen LogP contribution is -2.06. The van der Waals surface area contributed by atoms with E-state index >= 15 is 0 Å². The number of ether oxygens (including phenoxy) is 1. The second-order valence-electron chi connectivity index (χ2n) is 7.00. The molecule has 165 valence electrons. The normalized spacial score (nSPS) is 10.6. The van der Waals surface area contributed by atoms with Crippen molar-refractivity contribution in [1.29, 1.82) is 0 Å². The van der Waals surface area contributed by atoms with E-state index in [9.17, 15) is 4.79 Å². The van der Waals surface area contributed by atoms with Gasteiger partial charge in [0, 0.05) is 39.3 Å². The zero-order chi connectivity index (χ0) is 23.2. The highest BCUT2D eigenvalue weighted by Crippen LogP contribution is 2.41. The first-order valence-corrected chi connectivity index (χ1v) is 11.7. The Morgan fingerprint density at radius 1 is 0.909 bits per heavy atom. The minimum atomic E-state index is -0.396. The van der Waals surface area contributed by atoms with E-state index in [0.29, 0.717) is 21.3 Å². The number of nitrogens with zero attached hydrogens (tertiary/aromatic N) is 2. The number of carbonyl (C=O) groups excluding carboxylic acids is 1. The maximum absolute atomic E-state index is 12.7. The van der Waals surface area contributed by atoms with Crippen molar-refractivity contribution >= 4 is 46.8 Å². The summed E-state index contributed by atoms with van der Waals surface area (Å²) in [7, 11) is 0. The van der Waals surface area contributed by atoms with Crippen LogP contribution in [-0.2, 0) is 4.74 Å². The van der Waals surface area contributed by atoms with Gasteiger partial charge in [-0.3, -0.25) is 0 Å². The SMILES string of the molecule is CCOC(=O)c1cc(-c2ccc(Cl)cc2)c([N]Sc2ccccn2)c(-c2ccc(Cl)cc2)c1. The Balaban J connectivity index is 1.90. The first kappa shape index (κ1) is 23.2. The third-order valence-electron chi connectivity index (χ3n) is 4.80. The van der Waals surface area contributed by atoms with Gasteiger partial charge in [-0.05, 0) is 66.6 Å². The van der Waals surface area contributed by atoms with Gasteiger partial charge in [0.15, 0.2) is 0 Å². The molecule has 0 atom stereocenters. The Labute approximate surface area is 207 Å². The molecule has 3 aromatic carbocycles. The van der Waals surface area contributed by atoms with Gasteiger partial charge in [0.2, 0.25) is 0 Å². The Morgan fingerprint density at radius 2 is 1.48 bits per heavy atom. The summed E-state index contributed by atoms with van der Waals surface area (Å²) in [4.78, 5) is 17.1. The van der Waals surface area contributed by atoms with Crippen LogP contribution in [-0.4, -0.2) is 17.6 Å². The van der Waals surface area contributed by atoms with Crippen molar-refractivity contribution in [3.05, 3.63) is 101 Å². The van der Waals surface area contributed by atoms with E-state index in [1.54, 1.807) is 25.3 Å². The monoisotopic (exact) mass is 493 g/mol. The van der Waals surface area contributed by atoms with Crippen molar-refractivity contribution in [3.63, 3.8) is 0 Å². The molecule has 4 aromatic rings. The number of aromatic nitrogens is 1. The third-order valence-corrected chi connectivity index (χ3v) is 6.01. The predicted molar refractivity (Wildman–Crippen MR) is 135 cm³/mol. The number of rotatable bonds is 7. The molecule has 7 heteroatoms. The van der Waals surface area contributed by atoms with Crippen molar-refractivity contribution in [2.24, 2.45) is 0 Å². The predicted octanol–water partition coefficient (Wildman–Crippen LogP) is 7.84. The zero-order valence-electron chi connectivity index (χ0n) is 17.7. The van der Waals surface area contributed by atoms with Crippen LogP contribution in [0.5, 0.6) is 0 Å². The fraction of sp³-hybridized carbons (Fsp3) is 0.0769. The summed E-state index contributed by atoms with van der Waals surface area (Å²) >= 11 is 13.5. The van der Waals surface area contributed by atoms with Gasteiger partial charge in [0.25, 0.3) is 0 Å². The van der Waals surface area contributed by atoms with E-state index in [4.69, 9.17) is 32.7 Å². The highest BCUT2D eigenvalue weighted by molar-refractivity contribution is 7.97. The maximum atomic E-state index is 12.7. The Morgan fingerprint density at radius 3 is 1.97 bits per heavy atom. The van der Waals surface area contributed by atoms with Gasteiger partial charge in [-0.25, -0.2) is 14.5 Å². The molecule has 0 saturated carbocycles. The van der Waals surface area contributed by atoms with Crippen molar-refractivity contribution in [2.75, 3.05) is 6.61 Å². The van der Waals surface area contributed by atoms with Crippen LogP contribution in [0.3, 0.4) is 0 Å². The van der Waals surface area contributed by atoms with Gasteiger partial charge in [-0.2, -0.15) is 0 Å². The van der Waals surface area contributed by atoms with Crippen LogP contribution in [0.25, 0.3) is 22.3 Å². The first-order valence-electron chi connectivity index (χ1n) is 10.2. The van der Waals surface area contributed by atoms with Crippen LogP contribution in [0.15, 0.2) is 90.1 Å². The second-order valence-corrected chi connectivity index (χ2v) is 8.66. The topological polar surface area (TPSA) is 53.3 Å². The van der Waals surface area contributed by atoms with E-state index < -0.39 is 5.97 Å². The Kier molecular flexibility index (Phi) is 7.55. The molecule has 0 amide bonds. The molecule has 0 aliphatic rings. The first-order chi connectivity index (χ1) is 16.0. The van der Waals surface area contributed by atoms with E-state index in [-0.39, 0.29) is 6.61 Å². The van der Waals surface area contributed by atoms with Crippen LogP contribution >= 0.6 is 35.1 Å². The average molecular weight is 494 g/mol. The average Bonchev–Trinajstić information content (AvgIpc) is 2.84. The number of hydrogen-bond donors (Lipinski definition) is 0. The molecule has 0 spiro atoms. The van der Waals surface area contributed by atoms with E-state index in [2.05, 4.69) is 4.98 Å². The molecule has 0 aliphatic carbocycles. The van der Waals surface area contributed by atoms with Gasteiger partial charge in [0.05, 0.1) is 17.9 Å². The van der Waals surface area contributed by atoms with Gasteiger partial charge in [0.1, 0.15) is 5.03 Å². The number of hydrogen-bond acceptors (Lipinski definition) is 4. The minimum absolute atomic E-state index is 0.285. The number of esters is 1. The summed E-state index contributed by atoms with van der Waals surface area (Å²) in [6, 6.07) is 24.1. The number of benzene rings is 3.